The molecule has 0 aliphatic carbocycles. The van der Waals surface area contributed by atoms with Crippen molar-refractivity contribution in [3.05, 3.63) is 23.8 Å². The molecular formula is C8H11ClN2. The maximum atomic E-state index is 5.71. The second-order valence-electron chi connectivity index (χ2n) is 2.56. The number of para-hydroxylation sites is 1. The molecule has 0 spiro atoms. The number of fused-ring (bicyclic) bond motifs is 1. The zero-order valence-corrected chi connectivity index (χ0v) is 6.95. The van der Waals surface area contributed by atoms with Gasteiger partial charge in [0.25, 0.3) is 0 Å². The van der Waals surface area contributed by atoms with Crippen LogP contribution in [0.5, 0.6) is 0 Å². The molecule has 2 rings (SSSR count). The number of hydrogen-bond acceptors (Lipinski definition) is 2. The second-order valence-corrected chi connectivity index (χ2v) is 2.56. The quantitative estimate of drug-likeness (QED) is 0.582. The minimum atomic E-state index is 0. The third-order valence-corrected chi connectivity index (χ3v) is 1.88. The fraction of sp³-hybridized carbons (Fsp3) is 0.250. The maximum absolute atomic E-state index is 5.71. The Hall–Kier alpha value is -0.890. The molecule has 0 radical (unpaired) electrons. The third-order valence-electron chi connectivity index (χ3n) is 1.88. The predicted octanol–water partition coefficient (Wildman–Crippen LogP) is 1.66. The molecule has 1 aromatic carbocycles. The van der Waals surface area contributed by atoms with Crippen LogP contribution in [0.25, 0.3) is 0 Å². The van der Waals surface area contributed by atoms with Gasteiger partial charge in [-0.15, -0.1) is 12.4 Å². The third kappa shape index (κ3) is 1.26. The largest absolute Gasteiger partial charge is 0.397 e. The number of nitrogens with one attached hydrogen (secondary N) is 1. The molecule has 3 heteroatoms. The molecule has 1 aromatic rings. The van der Waals surface area contributed by atoms with E-state index < -0.39 is 0 Å². The zero-order chi connectivity index (χ0) is 6.97. The predicted molar refractivity (Wildman–Crippen MR) is 50.3 cm³/mol. The Morgan fingerprint density at radius 1 is 1.36 bits per heavy atom. The van der Waals surface area contributed by atoms with Crippen LogP contribution >= 0.6 is 12.4 Å². The van der Waals surface area contributed by atoms with E-state index in [1.807, 2.05) is 12.1 Å². The van der Waals surface area contributed by atoms with Crippen LogP contribution in [0.3, 0.4) is 0 Å². The maximum Gasteiger partial charge on any atom is 0.0607 e. The lowest BCUT2D eigenvalue weighted by Gasteiger charge is -2.01. The summed E-state index contributed by atoms with van der Waals surface area (Å²) in [5, 5.41) is 3.24. The van der Waals surface area contributed by atoms with Crippen molar-refractivity contribution < 1.29 is 0 Å². The summed E-state index contributed by atoms with van der Waals surface area (Å²) in [6, 6.07) is 6.05. The molecule has 0 bridgehead atoms. The van der Waals surface area contributed by atoms with Crippen LogP contribution in [0, 0.1) is 0 Å². The van der Waals surface area contributed by atoms with Crippen LogP contribution in [-0.2, 0) is 6.42 Å². The number of rotatable bonds is 0. The summed E-state index contributed by atoms with van der Waals surface area (Å²) in [7, 11) is 0. The van der Waals surface area contributed by atoms with E-state index in [0.717, 1.165) is 24.3 Å². The van der Waals surface area contributed by atoms with Gasteiger partial charge in [0, 0.05) is 6.54 Å². The highest BCUT2D eigenvalue weighted by molar-refractivity contribution is 5.85. The van der Waals surface area contributed by atoms with Crippen molar-refractivity contribution in [2.45, 2.75) is 6.42 Å². The molecule has 2 nitrogen and oxygen atoms in total. The van der Waals surface area contributed by atoms with Gasteiger partial charge >= 0.3 is 0 Å². The molecule has 60 valence electrons. The Morgan fingerprint density at radius 3 is 2.91 bits per heavy atom. The normalized spacial score (nSPS) is 13.1. The van der Waals surface area contributed by atoms with Gasteiger partial charge in [0.15, 0.2) is 0 Å². The highest BCUT2D eigenvalue weighted by Crippen LogP contribution is 2.27. The number of halogens is 1. The van der Waals surface area contributed by atoms with Crippen molar-refractivity contribution in [2.24, 2.45) is 0 Å². The fourth-order valence-electron chi connectivity index (χ4n) is 1.37. The first kappa shape index (κ1) is 8.21. The van der Waals surface area contributed by atoms with Crippen LogP contribution in [0.4, 0.5) is 11.4 Å². The molecule has 1 heterocycles. The van der Waals surface area contributed by atoms with Crippen LogP contribution < -0.4 is 11.1 Å². The van der Waals surface area contributed by atoms with Gasteiger partial charge in [0.2, 0.25) is 0 Å². The fourth-order valence-corrected chi connectivity index (χ4v) is 1.37. The van der Waals surface area contributed by atoms with Crippen molar-refractivity contribution in [2.75, 3.05) is 17.6 Å². The molecule has 0 unspecified atom stereocenters. The van der Waals surface area contributed by atoms with E-state index in [4.69, 9.17) is 5.73 Å². The monoisotopic (exact) mass is 170 g/mol. The summed E-state index contributed by atoms with van der Waals surface area (Å²) in [4.78, 5) is 0. The van der Waals surface area contributed by atoms with Gasteiger partial charge in [0.05, 0.1) is 11.4 Å². The number of hydrogen-bond donors (Lipinski definition) is 2. The molecule has 1 aliphatic rings. The van der Waals surface area contributed by atoms with Gasteiger partial charge in [0.1, 0.15) is 0 Å². The van der Waals surface area contributed by atoms with Crippen molar-refractivity contribution in [1.29, 1.82) is 0 Å². The molecule has 0 fully saturated rings. The Kier molecular flexibility index (Phi) is 2.25. The van der Waals surface area contributed by atoms with Crippen molar-refractivity contribution in [3.63, 3.8) is 0 Å². The average molecular weight is 171 g/mol. The van der Waals surface area contributed by atoms with E-state index in [1.54, 1.807) is 0 Å². The van der Waals surface area contributed by atoms with Gasteiger partial charge in [-0.05, 0) is 18.1 Å². The van der Waals surface area contributed by atoms with Crippen LogP contribution in [0.1, 0.15) is 5.56 Å². The van der Waals surface area contributed by atoms with Gasteiger partial charge in [-0.25, -0.2) is 0 Å². The summed E-state index contributed by atoms with van der Waals surface area (Å²) in [5.74, 6) is 0. The molecule has 0 amide bonds. The second kappa shape index (κ2) is 3.01. The van der Waals surface area contributed by atoms with Gasteiger partial charge in [-0.3, -0.25) is 0 Å². The van der Waals surface area contributed by atoms with E-state index >= 15 is 0 Å². The molecule has 0 saturated heterocycles. The first-order valence-corrected chi connectivity index (χ1v) is 3.49. The van der Waals surface area contributed by atoms with Crippen molar-refractivity contribution in [3.8, 4) is 0 Å². The average Bonchev–Trinajstić information content (AvgIpc) is 2.36. The van der Waals surface area contributed by atoms with E-state index in [9.17, 15) is 0 Å². The Balaban J connectivity index is 0.000000605. The van der Waals surface area contributed by atoms with Gasteiger partial charge in [-0.1, -0.05) is 12.1 Å². The minimum absolute atomic E-state index is 0. The number of nitrogen functional groups attached to an aromatic ring is 1. The first-order chi connectivity index (χ1) is 4.88. The van der Waals surface area contributed by atoms with E-state index in [2.05, 4.69) is 11.4 Å². The lowest BCUT2D eigenvalue weighted by Crippen LogP contribution is -1.95. The molecule has 0 saturated carbocycles. The standard InChI is InChI=1S/C8H10N2.ClH/c9-7-3-1-2-6-4-5-10-8(6)7;/h1-3,10H,4-5,9H2;1H. The van der Waals surface area contributed by atoms with Gasteiger partial charge < -0.3 is 11.1 Å². The molecule has 0 atom stereocenters. The highest BCUT2D eigenvalue weighted by atomic mass is 35.5. The van der Waals surface area contributed by atoms with E-state index in [0.29, 0.717) is 0 Å². The molecule has 3 N–H and O–H groups in total. The van der Waals surface area contributed by atoms with Crippen LogP contribution in [-0.4, -0.2) is 6.54 Å². The first-order valence-electron chi connectivity index (χ1n) is 3.49. The summed E-state index contributed by atoms with van der Waals surface area (Å²) >= 11 is 0. The SMILES string of the molecule is Cl.Nc1cccc2c1NCC2. The highest BCUT2D eigenvalue weighted by Gasteiger charge is 2.10. The van der Waals surface area contributed by atoms with Gasteiger partial charge in [-0.2, -0.15) is 0 Å². The smallest absolute Gasteiger partial charge is 0.0607 e. The topological polar surface area (TPSA) is 38.0 Å². The molecule has 0 aromatic heterocycles. The van der Waals surface area contributed by atoms with Crippen molar-refractivity contribution >= 4 is 23.8 Å². The van der Waals surface area contributed by atoms with E-state index in [1.165, 1.54) is 5.56 Å². The minimum Gasteiger partial charge on any atom is -0.397 e. The Labute approximate surface area is 72.2 Å². The summed E-state index contributed by atoms with van der Waals surface area (Å²) < 4.78 is 0. The number of nitrogens with two attached hydrogens (primary N) is 1. The van der Waals surface area contributed by atoms with E-state index in [-0.39, 0.29) is 12.4 Å². The van der Waals surface area contributed by atoms with Crippen molar-refractivity contribution in [1.82, 2.24) is 0 Å². The zero-order valence-electron chi connectivity index (χ0n) is 6.13. The Morgan fingerprint density at radius 2 is 2.18 bits per heavy atom. The molecular weight excluding hydrogens is 160 g/mol. The Bertz CT molecular complexity index is 260. The van der Waals surface area contributed by atoms with Crippen LogP contribution in [0.2, 0.25) is 0 Å². The summed E-state index contributed by atoms with van der Waals surface area (Å²) in [6.07, 6.45) is 1.11. The molecule has 11 heavy (non-hydrogen) atoms. The summed E-state index contributed by atoms with van der Waals surface area (Å²) in [6.45, 7) is 1.03. The lowest BCUT2D eigenvalue weighted by atomic mass is 10.1. The number of benzene rings is 1. The number of anilines is 2. The lowest BCUT2D eigenvalue weighted by molar-refractivity contribution is 1.11. The summed E-state index contributed by atoms with van der Waals surface area (Å²) in [5.41, 5.74) is 9.07. The molecule has 1 aliphatic heterocycles. The van der Waals surface area contributed by atoms with Crippen LogP contribution in [0.15, 0.2) is 18.2 Å².